The number of carboxylic acids is 1. The van der Waals surface area contributed by atoms with Gasteiger partial charge in [0.25, 0.3) is 5.91 Å². The van der Waals surface area contributed by atoms with Gasteiger partial charge in [0.1, 0.15) is 0 Å². The van der Waals surface area contributed by atoms with Crippen LogP contribution in [0.1, 0.15) is 37.0 Å². The van der Waals surface area contributed by atoms with Gasteiger partial charge in [-0.25, -0.2) is 0 Å². The summed E-state index contributed by atoms with van der Waals surface area (Å²) < 4.78 is 0. The molecule has 1 atom stereocenters. The molecular formula is C15H20N2O3. The minimum atomic E-state index is -0.812. The van der Waals surface area contributed by atoms with Crippen LogP contribution in [0.3, 0.4) is 0 Å². The number of carbonyl (C=O) groups is 2. The smallest absolute Gasteiger partial charge is 0.309 e. The zero-order valence-electron chi connectivity index (χ0n) is 11.9. The summed E-state index contributed by atoms with van der Waals surface area (Å²) in [6.45, 7) is 4.64. The largest absolute Gasteiger partial charge is 0.481 e. The van der Waals surface area contributed by atoms with Gasteiger partial charge in [-0.15, -0.1) is 0 Å². The molecule has 0 saturated carbocycles. The maximum Gasteiger partial charge on any atom is 0.309 e. The van der Waals surface area contributed by atoms with Crippen molar-refractivity contribution in [2.24, 2.45) is 11.3 Å². The number of likely N-dealkylation sites (tertiary alicyclic amines) is 1. The second kappa shape index (κ2) is 5.61. The number of nitrogens with zero attached hydrogens (tertiary/aromatic N) is 2. The van der Waals surface area contributed by atoms with Gasteiger partial charge in [-0.3, -0.25) is 14.6 Å². The molecule has 5 nitrogen and oxygen atoms in total. The maximum absolute atomic E-state index is 12.4. The Kier molecular flexibility index (Phi) is 4.06. The fourth-order valence-electron chi connectivity index (χ4n) is 2.60. The highest BCUT2D eigenvalue weighted by Crippen LogP contribution is 2.34. The van der Waals surface area contributed by atoms with Crippen LogP contribution >= 0.6 is 0 Å². The monoisotopic (exact) mass is 276 g/mol. The van der Waals surface area contributed by atoms with Gasteiger partial charge in [-0.05, 0) is 44.7 Å². The first kappa shape index (κ1) is 14.5. The summed E-state index contributed by atoms with van der Waals surface area (Å²) in [5, 5.41) is 9.32. The van der Waals surface area contributed by atoms with E-state index in [1.54, 1.807) is 43.3 Å². The summed E-state index contributed by atoms with van der Waals surface area (Å²) >= 11 is 0. The second-order valence-corrected chi connectivity index (χ2v) is 5.86. The van der Waals surface area contributed by atoms with Crippen molar-refractivity contribution < 1.29 is 14.7 Å². The lowest BCUT2D eigenvalue weighted by atomic mass is 9.74. The van der Waals surface area contributed by atoms with Crippen molar-refractivity contribution in [1.82, 2.24) is 9.88 Å². The van der Waals surface area contributed by atoms with Crippen LogP contribution in [0.25, 0.3) is 0 Å². The Balaban J connectivity index is 2.11. The molecule has 1 aromatic rings. The molecule has 1 N–H and O–H groups in total. The fourth-order valence-corrected chi connectivity index (χ4v) is 2.60. The normalized spacial score (nSPS) is 19.7. The van der Waals surface area contributed by atoms with Crippen molar-refractivity contribution in [2.75, 3.05) is 13.1 Å². The molecule has 2 rings (SSSR count). The van der Waals surface area contributed by atoms with Crippen LogP contribution in [0.5, 0.6) is 0 Å². The molecule has 0 bridgehead atoms. The predicted octanol–water partition coefficient (Wildman–Crippen LogP) is 2.04. The summed E-state index contributed by atoms with van der Waals surface area (Å²) in [5.74, 6) is -0.892. The third-order valence-corrected chi connectivity index (χ3v) is 4.19. The SMILES string of the molecule is CC(C)(C(=O)O)C1CCCN(C(=O)c2cccnc2)C1. The number of carboxylic acid groups (broad SMARTS) is 1. The fraction of sp³-hybridized carbons (Fsp3) is 0.533. The van der Waals surface area contributed by atoms with E-state index in [0.717, 1.165) is 12.8 Å². The Morgan fingerprint density at radius 3 is 2.80 bits per heavy atom. The van der Waals surface area contributed by atoms with E-state index in [2.05, 4.69) is 4.98 Å². The minimum absolute atomic E-state index is 0.0191. The highest BCUT2D eigenvalue weighted by atomic mass is 16.4. The highest BCUT2D eigenvalue weighted by Gasteiger charge is 2.40. The van der Waals surface area contributed by atoms with Crippen molar-refractivity contribution in [3.8, 4) is 0 Å². The molecule has 5 heteroatoms. The summed E-state index contributed by atoms with van der Waals surface area (Å²) in [7, 11) is 0. The van der Waals surface area contributed by atoms with Crippen LogP contribution in [0.4, 0.5) is 0 Å². The van der Waals surface area contributed by atoms with Crippen LogP contribution < -0.4 is 0 Å². The van der Waals surface area contributed by atoms with Crippen LogP contribution in [-0.4, -0.2) is 40.0 Å². The highest BCUT2D eigenvalue weighted by molar-refractivity contribution is 5.94. The van der Waals surface area contributed by atoms with Gasteiger partial charge in [0.2, 0.25) is 0 Å². The molecule has 1 aliphatic heterocycles. The Morgan fingerprint density at radius 1 is 1.45 bits per heavy atom. The molecule has 20 heavy (non-hydrogen) atoms. The molecule has 1 unspecified atom stereocenters. The zero-order chi connectivity index (χ0) is 14.8. The Morgan fingerprint density at radius 2 is 2.20 bits per heavy atom. The first-order valence-electron chi connectivity index (χ1n) is 6.85. The van der Waals surface area contributed by atoms with Gasteiger partial charge in [-0.1, -0.05) is 0 Å². The summed E-state index contributed by atoms with van der Waals surface area (Å²) in [6.07, 6.45) is 4.86. The number of hydrogen-bond acceptors (Lipinski definition) is 3. The molecule has 0 aliphatic carbocycles. The second-order valence-electron chi connectivity index (χ2n) is 5.86. The van der Waals surface area contributed by atoms with Crippen LogP contribution in [0.2, 0.25) is 0 Å². The summed E-state index contributed by atoms with van der Waals surface area (Å²) in [4.78, 5) is 29.4. The lowest BCUT2D eigenvalue weighted by Crippen LogP contribution is -2.46. The molecule has 1 aliphatic rings. The number of rotatable bonds is 3. The average molecular weight is 276 g/mol. The minimum Gasteiger partial charge on any atom is -0.481 e. The molecule has 1 aromatic heterocycles. The van der Waals surface area contributed by atoms with E-state index in [1.165, 1.54) is 0 Å². The molecular weight excluding hydrogens is 256 g/mol. The standard InChI is InChI=1S/C15H20N2O3/c1-15(2,14(19)20)12-6-4-8-17(10-12)13(18)11-5-3-7-16-9-11/h3,5,7,9,12H,4,6,8,10H2,1-2H3,(H,19,20). The third kappa shape index (κ3) is 2.81. The first-order valence-corrected chi connectivity index (χ1v) is 6.85. The Bertz CT molecular complexity index is 499. The third-order valence-electron chi connectivity index (χ3n) is 4.19. The first-order chi connectivity index (χ1) is 9.43. The molecule has 0 radical (unpaired) electrons. The van der Waals surface area contributed by atoms with E-state index in [-0.39, 0.29) is 11.8 Å². The van der Waals surface area contributed by atoms with Gasteiger partial charge in [-0.2, -0.15) is 0 Å². The number of aromatic nitrogens is 1. The lowest BCUT2D eigenvalue weighted by Gasteiger charge is -2.39. The van der Waals surface area contributed by atoms with Crippen molar-refractivity contribution in [1.29, 1.82) is 0 Å². The van der Waals surface area contributed by atoms with E-state index in [9.17, 15) is 14.7 Å². The van der Waals surface area contributed by atoms with E-state index >= 15 is 0 Å². The van der Waals surface area contributed by atoms with Gasteiger partial charge in [0.05, 0.1) is 11.0 Å². The van der Waals surface area contributed by atoms with Crippen molar-refractivity contribution in [3.05, 3.63) is 30.1 Å². The van der Waals surface area contributed by atoms with E-state index in [1.807, 2.05) is 0 Å². The van der Waals surface area contributed by atoms with E-state index < -0.39 is 11.4 Å². The quantitative estimate of drug-likeness (QED) is 0.917. The number of carbonyl (C=O) groups excluding carboxylic acids is 1. The van der Waals surface area contributed by atoms with E-state index in [0.29, 0.717) is 18.7 Å². The molecule has 2 heterocycles. The Labute approximate surface area is 118 Å². The summed E-state index contributed by atoms with van der Waals surface area (Å²) in [5.41, 5.74) is -0.255. The molecule has 1 saturated heterocycles. The summed E-state index contributed by atoms with van der Waals surface area (Å²) in [6, 6.07) is 3.47. The molecule has 1 fully saturated rings. The average Bonchev–Trinajstić information content (AvgIpc) is 2.47. The number of aliphatic carboxylic acids is 1. The topological polar surface area (TPSA) is 70.5 Å². The van der Waals surface area contributed by atoms with Crippen LogP contribution in [-0.2, 0) is 4.79 Å². The number of pyridine rings is 1. The predicted molar refractivity (Wildman–Crippen MR) is 74.3 cm³/mol. The number of piperidine rings is 1. The van der Waals surface area contributed by atoms with Gasteiger partial charge >= 0.3 is 5.97 Å². The van der Waals surface area contributed by atoms with Gasteiger partial charge in [0, 0.05) is 25.5 Å². The van der Waals surface area contributed by atoms with Crippen LogP contribution in [0.15, 0.2) is 24.5 Å². The van der Waals surface area contributed by atoms with Gasteiger partial charge in [0.15, 0.2) is 0 Å². The van der Waals surface area contributed by atoms with E-state index in [4.69, 9.17) is 0 Å². The zero-order valence-corrected chi connectivity index (χ0v) is 11.9. The number of hydrogen-bond donors (Lipinski definition) is 1. The van der Waals surface area contributed by atoms with Crippen molar-refractivity contribution in [3.63, 3.8) is 0 Å². The van der Waals surface area contributed by atoms with Crippen molar-refractivity contribution in [2.45, 2.75) is 26.7 Å². The Hall–Kier alpha value is -1.91. The maximum atomic E-state index is 12.4. The van der Waals surface area contributed by atoms with Crippen molar-refractivity contribution >= 4 is 11.9 Å². The molecule has 108 valence electrons. The van der Waals surface area contributed by atoms with Crippen LogP contribution in [0, 0.1) is 11.3 Å². The molecule has 1 amide bonds. The van der Waals surface area contributed by atoms with Gasteiger partial charge < -0.3 is 10.0 Å². The number of amides is 1. The lowest BCUT2D eigenvalue weighted by molar-refractivity contribution is -0.151. The molecule has 0 aromatic carbocycles. The molecule has 0 spiro atoms.